The maximum atomic E-state index is 13.2. The Balaban J connectivity index is 2.96. The van der Waals surface area contributed by atoms with Crippen molar-refractivity contribution >= 4 is 29.6 Å². The Bertz CT molecular complexity index is 896. The van der Waals surface area contributed by atoms with Gasteiger partial charge in [0.05, 0.1) is 12.4 Å². The highest BCUT2D eigenvalue weighted by molar-refractivity contribution is 5.94. The number of carboxylic acids is 1. The summed E-state index contributed by atoms with van der Waals surface area (Å²) in [6, 6.07) is -4.49. The highest BCUT2D eigenvalue weighted by atomic mass is 16.4. The number of aromatic amines is 1. The van der Waals surface area contributed by atoms with Crippen LogP contribution in [0.5, 0.6) is 0 Å². The van der Waals surface area contributed by atoms with Crippen LogP contribution >= 0.6 is 0 Å². The van der Waals surface area contributed by atoms with Crippen LogP contribution in [0.2, 0.25) is 0 Å². The minimum absolute atomic E-state index is 0.140. The van der Waals surface area contributed by atoms with Crippen molar-refractivity contribution in [1.82, 2.24) is 25.9 Å². The summed E-state index contributed by atoms with van der Waals surface area (Å²) in [5, 5.41) is 17.0. The number of hydrogen-bond acceptors (Lipinski definition) is 9. The molecule has 0 aromatic carbocycles. The molecule has 0 fully saturated rings. The predicted octanol–water partition coefficient (Wildman–Crippen LogP) is -2.66. The van der Waals surface area contributed by atoms with E-state index in [0.29, 0.717) is 44.5 Å². The fourth-order valence-electron chi connectivity index (χ4n) is 3.62. The van der Waals surface area contributed by atoms with E-state index in [1.807, 2.05) is 0 Å². The third-order valence-electron chi connectivity index (χ3n) is 5.79. The Morgan fingerprint density at radius 2 is 1.37 bits per heavy atom. The van der Waals surface area contributed by atoms with E-state index in [4.69, 9.17) is 22.9 Å². The number of hydrogen-bond donors (Lipinski definition) is 9. The molecule has 38 heavy (non-hydrogen) atoms. The Kier molecular flexibility index (Phi) is 15.2. The number of aliphatic carboxylic acids is 1. The number of aromatic nitrogens is 2. The molecule has 1 heterocycles. The standard InChI is InChI=1S/C23H41N9O6/c24-9-3-1-5-16(30-20(34)15(26)11-14-12-28-13-29-14)21(35)31-17(7-8-19(27)33)22(36)32-18(23(37)38)6-2-4-10-25/h12-13,15-18H,1-11,24-26H2,(H2,27,33)(H,28,29)(H,30,34)(H,31,35)(H,32,36)(H,37,38). The van der Waals surface area contributed by atoms with Crippen molar-refractivity contribution in [2.45, 2.75) is 82.0 Å². The molecule has 4 amide bonds. The number of unbranched alkanes of at least 4 members (excludes halogenated alkanes) is 2. The lowest BCUT2D eigenvalue weighted by Crippen LogP contribution is -2.57. The Morgan fingerprint density at radius 1 is 0.842 bits per heavy atom. The number of rotatable bonds is 20. The number of nitrogens with one attached hydrogen (secondary N) is 4. The fourth-order valence-corrected chi connectivity index (χ4v) is 3.62. The number of nitrogens with two attached hydrogens (primary N) is 4. The smallest absolute Gasteiger partial charge is 0.326 e. The van der Waals surface area contributed by atoms with Gasteiger partial charge >= 0.3 is 5.97 Å². The Morgan fingerprint density at radius 3 is 1.87 bits per heavy atom. The molecular formula is C23H41N9O6. The number of carbonyl (C=O) groups excluding carboxylic acids is 4. The molecule has 15 nitrogen and oxygen atoms in total. The molecule has 4 unspecified atom stereocenters. The molecule has 4 atom stereocenters. The third-order valence-corrected chi connectivity index (χ3v) is 5.79. The van der Waals surface area contributed by atoms with E-state index in [-0.39, 0.29) is 32.1 Å². The highest BCUT2D eigenvalue weighted by Crippen LogP contribution is 2.07. The van der Waals surface area contributed by atoms with Crippen molar-refractivity contribution in [2.75, 3.05) is 13.1 Å². The van der Waals surface area contributed by atoms with E-state index in [2.05, 4.69) is 25.9 Å². The lowest BCUT2D eigenvalue weighted by Gasteiger charge is -2.25. The third kappa shape index (κ3) is 12.6. The number of carbonyl (C=O) groups is 5. The zero-order valence-corrected chi connectivity index (χ0v) is 21.5. The van der Waals surface area contributed by atoms with Gasteiger partial charge in [0.1, 0.15) is 18.1 Å². The van der Waals surface area contributed by atoms with Gasteiger partial charge < -0.3 is 49.0 Å². The first-order valence-electron chi connectivity index (χ1n) is 12.6. The summed E-state index contributed by atoms with van der Waals surface area (Å²) < 4.78 is 0. The Hall–Kier alpha value is -3.56. The van der Waals surface area contributed by atoms with Crippen molar-refractivity contribution in [3.05, 3.63) is 18.2 Å². The molecular weight excluding hydrogens is 498 g/mol. The topological polar surface area (TPSA) is 274 Å². The van der Waals surface area contributed by atoms with Crippen LogP contribution in [0.3, 0.4) is 0 Å². The number of amides is 4. The minimum Gasteiger partial charge on any atom is -0.480 e. The monoisotopic (exact) mass is 539 g/mol. The van der Waals surface area contributed by atoms with Gasteiger partial charge in [-0.1, -0.05) is 0 Å². The molecule has 0 saturated heterocycles. The summed E-state index contributed by atoms with van der Waals surface area (Å²) >= 11 is 0. The van der Waals surface area contributed by atoms with Gasteiger partial charge in [0.2, 0.25) is 23.6 Å². The van der Waals surface area contributed by atoms with Crippen LogP contribution in [0.15, 0.2) is 12.5 Å². The molecule has 0 saturated carbocycles. The van der Waals surface area contributed by atoms with Crippen molar-refractivity contribution in [3.63, 3.8) is 0 Å². The van der Waals surface area contributed by atoms with Crippen LogP contribution in [0.1, 0.15) is 57.1 Å². The SMILES string of the molecule is NCCCCC(NC(=O)C(CCC(N)=O)NC(=O)C(CCCCN)NC(=O)C(N)Cc1cnc[nH]1)C(=O)O. The first-order chi connectivity index (χ1) is 18.1. The highest BCUT2D eigenvalue weighted by Gasteiger charge is 2.30. The quantitative estimate of drug-likeness (QED) is 0.0775. The van der Waals surface area contributed by atoms with Gasteiger partial charge in [-0.2, -0.15) is 0 Å². The maximum Gasteiger partial charge on any atom is 0.326 e. The molecule has 0 aliphatic carbocycles. The second-order valence-corrected chi connectivity index (χ2v) is 8.98. The van der Waals surface area contributed by atoms with Gasteiger partial charge in [0.15, 0.2) is 0 Å². The van der Waals surface area contributed by atoms with Crippen LogP contribution in [0, 0.1) is 0 Å². The van der Waals surface area contributed by atoms with Crippen molar-refractivity contribution < 1.29 is 29.1 Å². The van der Waals surface area contributed by atoms with Gasteiger partial charge in [0, 0.05) is 24.7 Å². The molecule has 15 heteroatoms. The van der Waals surface area contributed by atoms with Gasteiger partial charge in [-0.25, -0.2) is 9.78 Å². The van der Waals surface area contributed by atoms with Crippen molar-refractivity contribution in [3.8, 4) is 0 Å². The average Bonchev–Trinajstić information content (AvgIpc) is 3.37. The van der Waals surface area contributed by atoms with Gasteiger partial charge in [-0.3, -0.25) is 19.2 Å². The summed E-state index contributed by atoms with van der Waals surface area (Å²) in [4.78, 5) is 68.5. The van der Waals surface area contributed by atoms with E-state index in [1.165, 1.54) is 12.5 Å². The molecule has 0 aliphatic heterocycles. The molecule has 0 radical (unpaired) electrons. The zero-order valence-electron chi connectivity index (χ0n) is 21.5. The average molecular weight is 540 g/mol. The van der Waals surface area contributed by atoms with Crippen LogP contribution in [-0.4, -0.2) is 81.9 Å². The fraction of sp³-hybridized carbons (Fsp3) is 0.652. The Labute approximate surface area is 221 Å². The molecule has 0 spiro atoms. The predicted molar refractivity (Wildman–Crippen MR) is 138 cm³/mol. The van der Waals surface area contributed by atoms with E-state index < -0.39 is 53.8 Å². The molecule has 0 bridgehead atoms. The number of H-pyrrole nitrogens is 1. The van der Waals surface area contributed by atoms with Crippen molar-refractivity contribution in [2.24, 2.45) is 22.9 Å². The van der Waals surface area contributed by atoms with Crippen molar-refractivity contribution in [1.29, 1.82) is 0 Å². The molecule has 1 rings (SSSR count). The summed E-state index contributed by atoms with van der Waals surface area (Å²) in [7, 11) is 0. The normalized spacial score (nSPS) is 14.1. The van der Waals surface area contributed by atoms with E-state index >= 15 is 0 Å². The van der Waals surface area contributed by atoms with E-state index in [9.17, 15) is 29.1 Å². The molecule has 13 N–H and O–H groups in total. The van der Waals surface area contributed by atoms with E-state index in [1.54, 1.807) is 0 Å². The summed E-state index contributed by atoms with van der Waals surface area (Å²) in [6.07, 6.45) is 5.25. The van der Waals surface area contributed by atoms with Gasteiger partial charge in [0.25, 0.3) is 0 Å². The lowest BCUT2D eigenvalue weighted by atomic mass is 10.0. The van der Waals surface area contributed by atoms with Crippen LogP contribution < -0.4 is 38.9 Å². The molecule has 214 valence electrons. The first kappa shape index (κ1) is 32.5. The zero-order chi connectivity index (χ0) is 28.5. The van der Waals surface area contributed by atoms with Crippen LogP contribution in [0.4, 0.5) is 0 Å². The van der Waals surface area contributed by atoms with E-state index in [0.717, 1.165) is 0 Å². The minimum atomic E-state index is -1.26. The van der Waals surface area contributed by atoms with Gasteiger partial charge in [-0.05, 0) is 58.0 Å². The first-order valence-corrected chi connectivity index (χ1v) is 12.6. The molecule has 0 aliphatic rings. The summed E-state index contributed by atoms with van der Waals surface area (Å²) in [6.45, 7) is 0.756. The van der Waals surface area contributed by atoms with Crippen LogP contribution in [0.25, 0.3) is 0 Å². The summed E-state index contributed by atoms with van der Waals surface area (Å²) in [5.41, 5.74) is 22.8. The summed E-state index contributed by atoms with van der Waals surface area (Å²) in [5.74, 6) is -4.01. The number of imidazole rings is 1. The number of carboxylic acid groups (broad SMARTS) is 1. The molecule has 1 aromatic rings. The number of primary amides is 1. The van der Waals surface area contributed by atoms with Gasteiger partial charge in [-0.15, -0.1) is 0 Å². The second kappa shape index (κ2) is 17.8. The largest absolute Gasteiger partial charge is 0.480 e. The lowest BCUT2D eigenvalue weighted by molar-refractivity contribution is -0.142. The number of nitrogens with zero attached hydrogens (tertiary/aromatic N) is 1. The molecule has 1 aromatic heterocycles. The maximum absolute atomic E-state index is 13.2. The second-order valence-electron chi connectivity index (χ2n) is 8.98. The van der Waals surface area contributed by atoms with Crippen LogP contribution in [-0.2, 0) is 30.4 Å².